The summed E-state index contributed by atoms with van der Waals surface area (Å²) in [4.78, 5) is 0.527. The summed E-state index contributed by atoms with van der Waals surface area (Å²) in [5.74, 6) is 1.69. The minimum atomic E-state index is 0.475. The van der Waals surface area contributed by atoms with Crippen LogP contribution in [0.15, 0.2) is 12.1 Å². The van der Waals surface area contributed by atoms with Crippen LogP contribution in [0.5, 0.6) is 0 Å². The number of aryl methyl sites for hydroxylation is 3. The molecule has 0 N–H and O–H groups in total. The third-order valence-corrected chi connectivity index (χ3v) is 6.63. The minimum Gasteiger partial charge on any atom is -0.0836 e. The first-order chi connectivity index (χ1) is 9.70. The van der Waals surface area contributed by atoms with Gasteiger partial charge in [-0.05, 0) is 80.4 Å². The van der Waals surface area contributed by atoms with Crippen molar-refractivity contribution in [1.29, 1.82) is 0 Å². The average molecular weight is 351 g/mol. The summed E-state index contributed by atoms with van der Waals surface area (Å²) < 4.78 is 0. The van der Waals surface area contributed by atoms with E-state index in [0.717, 1.165) is 11.8 Å². The van der Waals surface area contributed by atoms with E-state index in [4.69, 9.17) is 0 Å². The number of halogens is 1. The molecule has 0 amide bonds. The molecule has 0 bridgehead atoms. The molecule has 0 aromatic heterocycles. The van der Waals surface area contributed by atoms with Crippen LogP contribution in [0.4, 0.5) is 0 Å². The van der Waals surface area contributed by atoms with Crippen molar-refractivity contribution in [3.05, 3.63) is 34.4 Å². The summed E-state index contributed by atoms with van der Waals surface area (Å²) in [5, 5.41) is 0. The molecule has 2 rings (SSSR count). The zero-order valence-electron chi connectivity index (χ0n) is 14.6. The van der Waals surface area contributed by atoms with Gasteiger partial charge < -0.3 is 0 Å². The van der Waals surface area contributed by atoms with Gasteiger partial charge in [0, 0.05) is 4.83 Å². The van der Waals surface area contributed by atoms with Crippen molar-refractivity contribution < 1.29 is 0 Å². The van der Waals surface area contributed by atoms with E-state index >= 15 is 0 Å². The van der Waals surface area contributed by atoms with Crippen molar-refractivity contribution in [2.24, 2.45) is 17.3 Å². The molecule has 21 heavy (non-hydrogen) atoms. The number of rotatable bonds is 2. The van der Waals surface area contributed by atoms with Gasteiger partial charge in [-0.25, -0.2) is 0 Å². The molecule has 0 saturated heterocycles. The van der Waals surface area contributed by atoms with E-state index in [0.29, 0.717) is 10.2 Å². The monoisotopic (exact) mass is 350 g/mol. The Balaban J connectivity index is 2.11. The number of hydrogen-bond donors (Lipinski definition) is 0. The largest absolute Gasteiger partial charge is 0.0836 e. The Morgan fingerprint density at radius 2 is 1.43 bits per heavy atom. The molecule has 0 nitrogen and oxygen atoms in total. The second kappa shape index (κ2) is 6.44. The van der Waals surface area contributed by atoms with E-state index in [1.54, 1.807) is 5.56 Å². The molecule has 1 aromatic rings. The molecule has 1 fully saturated rings. The van der Waals surface area contributed by atoms with Gasteiger partial charge in [0.05, 0.1) is 0 Å². The van der Waals surface area contributed by atoms with Crippen LogP contribution in [-0.4, -0.2) is 0 Å². The van der Waals surface area contributed by atoms with Crippen LogP contribution in [-0.2, 0) is 0 Å². The summed E-state index contributed by atoms with van der Waals surface area (Å²) in [6, 6.07) is 4.66. The van der Waals surface area contributed by atoms with Gasteiger partial charge in [-0.2, -0.15) is 0 Å². The SMILES string of the molecule is Cc1cc(C)c(C(Br)C2CCC(C(C)(C)C)CC2)c(C)c1. The normalized spacial score (nSPS) is 24.9. The van der Waals surface area contributed by atoms with E-state index in [9.17, 15) is 0 Å². The highest BCUT2D eigenvalue weighted by atomic mass is 79.9. The maximum absolute atomic E-state index is 4.04. The molecule has 1 saturated carbocycles. The third kappa shape index (κ3) is 3.92. The Kier molecular flexibility index (Phi) is 5.23. The summed E-state index contributed by atoms with van der Waals surface area (Å²) in [6.07, 6.45) is 5.51. The van der Waals surface area contributed by atoms with Gasteiger partial charge in [0.15, 0.2) is 0 Å². The fourth-order valence-electron chi connectivity index (χ4n) is 4.14. The Morgan fingerprint density at radius 3 is 1.86 bits per heavy atom. The van der Waals surface area contributed by atoms with E-state index in [-0.39, 0.29) is 0 Å². The van der Waals surface area contributed by atoms with Crippen molar-refractivity contribution in [3.63, 3.8) is 0 Å². The Morgan fingerprint density at radius 1 is 0.952 bits per heavy atom. The van der Waals surface area contributed by atoms with Crippen molar-refractivity contribution in [2.45, 2.75) is 72.1 Å². The third-order valence-electron chi connectivity index (χ3n) is 5.42. The van der Waals surface area contributed by atoms with Gasteiger partial charge >= 0.3 is 0 Å². The summed E-state index contributed by atoms with van der Waals surface area (Å²) >= 11 is 4.04. The fourth-order valence-corrected chi connectivity index (χ4v) is 5.39. The van der Waals surface area contributed by atoms with Crippen molar-refractivity contribution in [1.82, 2.24) is 0 Å². The summed E-state index contributed by atoms with van der Waals surface area (Å²) in [5.41, 5.74) is 6.30. The summed E-state index contributed by atoms with van der Waals surface area (Å²) in [7, 11) is 0. The van der Waals surface area contributed by atoms with E-state index in [1.807, 2.05) is 0 Å². The second-order valence-corrected chi connectivity index (χ2v) is 9.18. The van der Waals surface area contributed by atoms with Crippen molar-refractivity contribution in [3.8, 4) is 0 Å². The van der Waals surface area contributed by atoms with Crippen molar-refractivity contribution >= 4 is 15.9 Å². The van der Waals surface area contributed by atoms with Gasteiger partial charge in [-0.3, -0.25) is 0 Å². The van der Waals surface area contributed by atoms with E-state index < -0.39 is 0 Å². The fraction of sp³-hybridized carbons (Fsp3) is 0.700. The Labute approximate surface area is 139 Å². The molecule has 0 heterocycles. The first-order valence-electron chi connectivity index (χ1n) is 8.42. The van der Waals surface area contributed by atoms with Gasteiger partial charge in [0.25, 0.3) is 0 Å². The van der Waals surface area contributed by atoms with Crippen LogP contribution < -0.4 is 0 Å². The zero-order chi connectivity index (χ0) is 15.8. The highest BCUT2D eigenvalue weighted by molar-refractivity contribution is 9.09. The van der Waals surface area contributed by atoms with E-state index in [2.05, 4.69) is 69.6 Å². The molecule has 1 heteroatoms. The van der Waals surface area contributed by atoms with Gasteiger partial charge in [0.2, 0.25) is 0 Å². The lowest BCUT2D eigenvalue weighted by Gasteiger charge is -2.39. The van der Waals surface area contributed by atoms with Crippen LogP contribution >= 0.6 is 15.9 Å². The quantitative estimate of drug-likeness (QED) is 0.508. The number of benzene rings is 1. The van der Waals surface area contributed by atoms with Crippen molar-refractivity contribution in [2.75, 3.05) is 0 Å². The maximum Gasteiger partial charge on any atom is 0.0428 e. The predicted octanol–water partition coefficient (Wildman–Crippen LogP) is 6.90. The molecule has 1 aliphatic rings. The molecule has 1 atom stereocenters. The topological polar surface area (TPSA) is 0 Å². The standard InChI is InChI=1S/C20H31Br/c1-13-11-14(2)18(15(3)12-13)19(21)16-7-9-17(10-8-16)20(4,5)6/h11-12,16-17,19H,7-10H2,1-6H3. The lowest BCUT2D eigenvalue weighted by molar-refractivity contribution is 0.149. The van der Waals surface area contributed by atoms with E-state index in [1.165, 1.54) is 42.4 Å². The zero-order valence-corrected chi connectivity index (χ0v) is 16.2. The lowest BCUT2D eigenvalue weighted by atomic mass is 9.68. The molecule has 1 unspecified atom stereocenters. The second-order valence-electron chi connectivity index (χ2n) is 8.19. The predicted molar refractivity (Wildman–Crippen MR) is 97.2 cm³/mol. The molecule has 0 spiro atoms. The van der Waals surface area contributed by atoms with Crippen LogP contribution in [0.2, 0.25) is 0 Å². The minimum absolute atomic E-state index is 0.475. The highest BCUT2D eigenvalue weighted by Crippen LogP contribution is 2.47. The van der Waals surface area contributed by atoms with Crippen LogP contribution in [0.25, 0.3) is 0 Å². The van der Waals surface area contributed by atoms with Gasteiger partial charge in [-0.15, -0.1) is 0 Å². The molecule has 1 aliphatic carbocycles. The molecular formula is C20H31Br. The maximum atomic E-state index is 4.04. The first kappa shape index (κ1) is 17.1. The molecule has 0 aliphatic heterocycles. The van der Waals surface area contributed by atoms with Crippen LogP contribution in [0.1, 0.15) is 73.5 Å². The van der Waals surface area contributed by atoms with Gasteiger partial charge in [0.1, 0.15) is 0 Å². The molecule has 118 valence electrons. The Bertz CT molecular complexity index is 464. The average Bonchev–Trinajstić information content (AvgIpc) is 2.36. The number of hydrogen-bond acceptors (Lipinski definition) is 0. The lowest BCUT2D eigenvalue weighted by Crippen LogP contribution is -2.27. The molecule has 1 aromatic carbocycles. The molecular weight excluding hydrogens is 320 g/mol. The first-order valence-corrected chi connectivity index (χ1v) is 9.33. The van der Waals surface area contributed by atoms with Crippen LogP contribution in [0.3, 0.4) is 0 Å². The highest BCUT2D eigenvalue weighted by Gasteiger charge is 2.33. The number of alkyl halides is 1. The Hall–Kier alpha value is -0.300. The smallest absolute Gasteiger partial charge is 0.0428 e. The van der Waals surface area contributed by atoms with Crippen LogP contribution in [0, 0.1) is 38.0 Å². The molecule has 0 radical (unpaired) electrons. The summed E-state index contributed by atoms with van der Waals surface area (Å²) in [6.45, 7) is 13.9. The van der Waals surface area contributed by atoms with Gasteiger partial charge in [-0.1, -0.05) is 54.4 Å².